The monoisotopic (exact) mass is 430 g/mol. The lowest BCUT2D eigenvalue weighted by Crippen LogP contribution is -2.28. The molecule has 0 fully saturated rings. The van der Waals surface area contributed by atoms with Crippen LogP contribution in [-0.4, -0.2) is 42.5 Å². The number of amides is 1. The normalized spacial score (nSPS) is 12.3. The molecular weight excluding hydrogens is 404 g/mol. The topological polar surface area (TPSA) is 108 Å². The van der Waals surface area contributed by atoms with Crippen molar-refractivity contribution in [2.24, 2.45) is 0 Å². The molecule has 0 saturated carbocycles. The lowest BCUT2D eigenvalue weighted by atomic mass is 10.2. The lowest BCUT2D eigenvalue weighted by Gasteiger charge is -2.40. The number of rotatable bonds is 8. The van der Waals surface area contributed by atoms with E-state index in [2.05, 4.69) is 10.3 Å². The number of hydrogen-bond donors (Lipinski definition) is 3. The van der Waals surface area contributed by atoms with Crippen molar-refractivity contribution in [3.63, 3.8) is 0 Å². The molecular formula is C21H26N4O4S. The summed E-state index contributed by atoms with van der Waals surface area (Å²) in [5.41, 5.74) is 0.796. The average molecular weight is 431 g/mol. The maximum atomic E-state index is 12.5. The molecule has 0 saturated heterocycles. The van der Waals surface area contributed by atoms with Crippen molar-refractivity contribution in [2.75, 3.05) is 18.9 Å². The van der Waals surface area contributed by atoms with Crippen LogP contribution in [-0.2, 0) is 11.3 Å². The van der Waals surface area contributed by atoms with Gasteiger partial charge in [-0.3, -0.25) is 23.3 Å². The van der Waals surface area contributed by atoms with Gasteiger partial charge in [0, 0.05) is 19.3 Å². The fourth-order valence-corrected chi connectivity index (χ4v) is 4.23. The number of para-hydroxylation sites is 1. The van der Waals surface area contributed by atoms with Crippen LogP contribution in [0.2, 0.25) is 0 Å². The van der Waals surface area contributed by atoms with Crippen LogP contribution >= 0.6 is 10.8 Å². The van der Waals surface area contributed by atoms with Crippen molar-refractivity contribution in [3.8, 4) is 0 Å². The summed E-state index contributed by atoms with van der Waals surface area (Å²) in [6.07, 6.45) is 3.18. The molecule has 8 nitrogen and oxygen atoms in total. The highest BCUT2D eigenvalue weighted by atomic mass is 32.3. The van der Waals surface area contributed by atoms with Crippen LogP contribution < -0.4 is 10.9 Å². The molecule has 0 aliphatic carbocycles. The number of carbonyl (C=O) groups is 1. The van der Waals surface area contributed by atoms with Crippen molar-refractivity contribution >= 4 is 33.3 Å². The molecule has 160 valence electrons. The third-order valence-corrected chi connectivity index (χ3v) is 6.72. The Bertz CT molecular complexity index is 1080. The SMILES string of the molecule is CCCCN(C)S(O)(O)c1ccc(NC(=O)Cn2cnc3ccccc3c2=O)cc1. The van der Waals surface area contributed by atoms with Crippen LogP contribution in [0.4, 0.5) is 5.69 Å². The van der Waals surface area contributed by atoms with E-state index >= 15 is 0 Å². The standard InChI is InChI=1S/C21H26N4O4S/c1-3-4-13-24(2)30(28,29)17-11-9-16(10-12-17)23-20(26)14-25-15-22-19-8-6-5-7-18(19)21(25)27/h5-12,15,28-29H,3-4,13-14H2,1-2H3,(H,23,26). The van der Waals surface area contributed by atoms with E-state index in [4.69, 9.17) is 0 Å². The van der Waals surface area contributed by atoms with Gasteiger partial charge in [0.25, 0.3) is 5.56 Å². The number of fused-ring (bicyclic) bond motifs is 1. The predicted octanol–water partition coefficient (Wildman–Crippen LogP) is 3.79. The first-order chi connectivity index (χ1) is 14.3. The van der Waals surface area contributed by atoms with Gasteiger partial charge < -0.3 is 5.32 Å². The summed E-state index contributed by atoms with van der Waals surface area (Å²) in [6, 6.07) is 13.3. The summed E-state index contributed by atoms with van der Waals surface area (Å²) in [6.45, 7) is 2.44. The van der Waals surface area contributed by atoms with E-state index in [1.807, 2.05) is 6.92 Å². The molecule has 2 aromatic carbocycles. The van der Waals surface area contributed by atoms with Gasteiger partial charge in [-0.15, -0.1) is 10.8 Å². The van der Waals surface area contributed by atoms with E-state index in [0.717, 1.165) is 12.8 Å². The van der Waals surface area contributed by atoms with Gasteiger partial charge in [0.05, 0.1) is 22.1 Å². The van der Waals surface area contributed by atoms with Crippen molar-refractivity contribution < 1.29 is 13.9 Å². The first kappa shape index (κ1) is 22.0. The second-order valence-electron chi connectivity index (χ2n) is 6.99. The quantitative estimate of drug-likeness (QED) is 0.502. The van der Waals surface area contributed by atoms with Crippen LogP contribution in [0.3, 0.4) is 0 Å². The van der Waals surface area contributed by atoms with Crippen LogP contribution in [0.5, 0.6) is 0 Å². The molecule has 3 rings (SSSR count). The number of carbonyl (C=O) groups excluding carboxylic acids is 1. The van der Waals surface area contributed by atoms with Gasteiger partial charge in [-0.25, -0.2) is 9.29 Å². The minimum atomic E-state index is -3.06. The van der Waals surface area contributed by atoms with Gasteiger partial charge in [0.2, 0.25) is 5.91 Å². The largest absolute Gasteiger partial charge is 0.325 e. The Balaban J connectivity index is 1.68. The average Bonchev–Trinajstić information content (AvgIpc) is 2.74. The van der Waals surface area contributed by atoms with Gasteiger partial charge in [-0.05, 0) is 42.8 Å². The number of hydrogen-bond acceptors (Lipinski definition) is 6. The summed E-state index contributed by atoms with van der Waals surface area (Å²) >= 11 is 0. The van der Waals surface area contributed by atoms with E-state index in [1.165, 1.54) is 10.9 Å². The van der Waals surface area contributed by atoms with Crippen molar-refractivity contribution in [2.45, 2.75) is 31.2 Å². The Morgan fingerprint density at radius 2 is 1.87 bits per heavy atom. The number of anilines is 1. The van der Waals surface area contributed by atoms with E-state index < -0.39 is 10.8 Å². The number of benzene rings is 2. The molecule has 0 atom stereocenters. The van der Waals surface area contributed by atoms with E-state index in [9.17, 15) is 18.7 Å². The zero-order chi connectivity index (χ0) is 21.7. The first-order valence-electron chi connectivity index (χ1n) is 9.66. The van der Waals surface area contributed by atoms with Gasteiger partial charge in [-0.1, -0.05) is 25.5 Å². The van der Waals surface area contributed by atoms with E-state index in [1.54, 1.807) is 59.9 Å². The zero-order valence-corrected chi connectivity index (χ0v) is 17.8. The zero-order valence-electron chi connectivity index (χ0n) is 17.0. The molecule has 3 aromatic rings. The molecule has 0 aliphatic heterocycles. The van der Waals surface area contributed by atoms with E-state index in [0.29, 0.717) is 28.0 Å². The third kappa shape index (κ3) is 4.88. The van der Waals surface area contributed by atoms with Gasteiger partial charge in [-0.2, -0.15) is 0 Å². The Kier molecular flexibility index (Phi) is 6.88. The van der Waals surface area contributed by atoms with Crippen molar-refractivity contribution in [1.82, 2.24) is 13.9 Å². The molecule has 1 heterocycles. The summed E-state index contributed by atoms with van der Waals surface area (Å²) < 4.78 is 23.8. The molecule has 3 N–H and O–H groups in total. The highest BCUT2D eigenvalue weighted by Crippen LogP contribution is 2.50. The highest BCUT2D eigenvalue weighted by Gasteiger charge is 2.21. The lowest BCUT2D eigenvalue weighted by molar-refractivity contribution is -0.116. The summed E-state index contributed by atoms with van der Waals surface area (Å²) in [4.78, 5) is 29.5. The number of nitrogens with one attached hydrogen (secondary N) is 1. The number of nitrogens with zero attached hydrogens (tertiary/aromatic N) is 3. The van der Waals surface area contributed by atoms with Gasteiger partial charge in [0.1, 0.15) is 6.54 Å². The minimum absolute atomic E-state index is 0.173. The maximum Gasteiger partial charge on any atom is 0.261 e. The maximum absolute atomic E-state index is 12.5. The van der Waals surface area contributed by atoms with Crippen LogP contribution in [0.15, 0.2) is 64.5 Å². The van der Waals surface area contributed by atoms with E-state index in [-0.39, 0.29) is 18.0 Å². The van der Waals surface area contributed by atoms with Crippen LogP contribution in [0.1, 0.15) is 19.8 Å². The summed E-state index contributed by atoms with van der Waals surface area (Å²) in [7, 11) is -1.39. The molecule has 0 aliphatic rings. The molecule has 0 bridgehead atoms. The Morgan fingerprint density at radius 3 is 2.57 bits per heavy atom. The summed E-state index contributed by atoms with van der Waals surface area (Å²) in [5.74, 6) is -0.381. The van der Waals surface area contributed by atoms with Gasteiger partial charge >= 0.3 is 0 Å². The number of unbranched alkanes of at least 4 members (excludes halogenated alkanes) is 1. The van der Waals surface area contributed by atoms with Crippen molar-refractivity contribution in [3.05, 3.63) is 65.2 Å². The molecule has 30 heavy (non-hydrogen) atoms. The van der Waals surface area contributed by atoms with Crippen LogP contribution in [0, 0.1) is 0 Å². The Hall–Kier alpha value is -2.72. The fourth-order valence-electron chi connectivity index (χ4n) is 2.98. The highest BCUT2D eigenvalue weighted by molar-refractivity contribution is 8.22. The van der Waals surface area contributed by atoms with Crippen LogP contribution in [0.25, 0.3) is 10.9 Å². The first-order valence-corrected chi connectivity index (χ1v) is 11.2. The second kappa shape index (κ2) is 9.40. The number of aromatic nitrogens is 2. The Labute approximate surface area is 176 Å². The molecule has 0 unspecified atom stereocenters. The van der Waals surface area contributed by atoms with Crippen molar-refractivity contribution in [1.29, 1.82) is 0 Å². The molecule has 1 amide bonds. The minimum Gasteiger partial charge on any atom is -0.325 e. The molecule has 9 heteroatoms. The Morgan fingerprint density at radius 1 is 1.17 bits per heavy atom. The molecule has 0 radical (unpaired) electrons. The summed E-state index contributed by atoms with van der Waals surface area (Å²) in [5, 5.41) is 3.17. The van der Waals surface area contributed by atoms with Gasteiger partial charge in [0.15, 0.2) is 0 Å². The molecule has 1 aromatic heterocycles. The second-order valence-corrected chi connectivity index (χ2v) is 9.12. The molecule has 0 spiro atoms. The fraction of sp³-hybridized carbons (Fsp3) is 0.286. The third-order valence-electron chi connectivity index (χ3n) is 4.76. The predicted molar refractivity (Wildman–Crippen MR) is 120 cm³/mol. The smallest absolute Gasteiger partial charge is 0.261 e.